The Morgan fingerprint density at radius 2 is 1.79 bits per heavy atom. The minimum absolute atomic E-state index is 0.0678. The summed E-state index contributed by atoms with van der Waals surface area (Å²) in [5.41, 5.74) is 4.93. The van der Waals surface area contributed by atoms with Crippen LogP contribution in [0.4, 0.5) is 5.69 Å². The Bertz CT molecular complexity index is 1700. The summed E-state index contributed by atoms with van der Waals surface area (Å²) in [6.07, 6.45) is 0.819. The van der Waals surface area contributed by atoms with Gasteiger partial charge in [-0.15, -0.1) is 11.3 Å². The summed E-state index contributed by atoms with van der Waals surface area (Å²) < 4.78 is 1.66. The minimum atomic E-state index is -0.137. The van der Waals surface area contributed by atoms with Crippen LogP contribution in [0.5, 0.6) is 0 Å². The standard InChI is InChI=1S/C31H28N4O2S2/c1-21-9-8-12-23(17-21)32-27(36)20-38-31-33-29-28(30(37)35(31)24-13-6-3-7-14-24)25-15-16-34(19-26(25)39-29)18-22-10-4-2-5-11-22/h2-14,17H,15-16,18-20H2,1H3,(H,32,36). The van der Waals surface area contributed by atoms with Gasteiger partial charge in [-0.05, 0) is 54.3 Å². The Labute approximate surface area is 235 Å². The molecule has 1 amide bonds. The molecule has 3 heterocycles. The van der Waals surface area contributed by atoms with Gasteiger partial charge < -0.3 is 5.32 Å². The number of hydrogen-bond acceptors (Lipinski definition) is 6. The first-order valence-corrected chi connectivity index (χ1v) is 14.7. The number of nitrogens with one attached hydrogen (secondary N) is 1. The van der Waals surface area contributed by atoms with Crippen LogP contribution in [0.2, 0.25) is 0 Å². The third kappa shape index (κ3) is 5.54. The number of carbonyl (C=O) groups is 1. The second kappa shape index (κ2) is 11.2. The van der Waals surface area contributed by atoms with Crippen molar-refractivity contribution >= 4 is 44.9 Å². The fourth-order valence-corrected chi connectivity index (χ4v) is 7.12. The maximum absolute atomic E-state index is 14.0. The molecule has 0 bridgehead atoms. The summed E-state index contributed by atoms with van der Waals surface area (Å²) in [5.74, 6) is 0.0101. The van der Waals surface area contributed by atoms with Crippen LogP contribution in [0.1, 0.15) is 21.6 Å². The predicted octanol–water partition coefficient (Wildman–Crippen LogP) is 6.04. The molecule has 0 aliphatic carbocycles. The lowest BCUT2D eigenvalue weighted by atomic mass is 10.0. The van der Waals surface area contributed by atoms with E-state index >= 15 is 0 Å². The summed E-state index contributed by atoms with van der Waals surface area (Å²) in [6.45, 7) is 4.57. The Morgan fingerprint density at radius 1 is 1.03 bits per heavy atom. The molecule has 5 aromatic rings. The van der Waals surface area contributed by atoms with E-state index in [1.165, 1.54) is 22.2 Å². The first kappa shape index (κ1) is 25.6. The van der Waals surface area contributed by atoms with Crippen molar-refractivity contribution in [1.29, 1.82) is 0 Å². The quantitative estimate of drug-likeness (QED) is 0.197. The molecular weight excluding hydrogens is 525 g/mol. The van der Waals surface area contributed by atoms with E-state index in [0.717, 1.165) is 53.4 Å². The summed E-state index contributed by atoms with van der Waals surface area (Å²) in [5, 5.41) is 4.19. The van der Waals surface area contributed by atoms with Crippen molar-refractivity contribution in [3.63, 3.8) is 0 Å². The molecule has 6 nitrogen and oxygen atoms in total. The molecule has 1 aliphatic rings. The van der Waals surface area contributed by atoms with Crippen LogP contribution in [0.3, 0.4) is 0 Å². The van der Waals surface area contributed by atoms with E-state index in [1.807, 2.05) is 67.6 Å². The molecule has 39 heavy (non-hydrogen) atoms. The molecule has 0 radical (unpaired) electrons. The van der Waals surface area contributed by atoms with Crippen LogP contribution in [0.15, 0.2) is 94.9 Å². The smallest absolute Gasteiger partial charge is 0.267 e. The van der Waals surface area contributed by atoms with Crippen molar-refractivity contribution in [2.45, 2.75) is 31.6 Å². The topological polar surface area (TPSA) is 67.2 Å². The van der Waals surface area contributed by atoms with Gasteiger partial charge in [-0.2, -0.15) is 0 Å². The van der Waals surface area contributed by atoms with Gasteiger partial charge in [0.15, 0.2) is 5.16 Å². The van der Waals surface area contributed by atoms with E-state index in [9.17, 15) is 9.59 Å². The van der Waals surface area contributed by atoms with Gasteiger partial charge in [-0.3, -0.25) is 19.1 Å². The average Bonchev–Trinajstić information content (AvgIpc) is 3.31. The summed E-state index contributed by atoms with van der Waals surface area (Å²) >= 11 is 2.89. The Morgan fingerprint density at radius 3 is 2.56 bits per heavy atom. The number of anilines is 1. The highest BCUT2D eigenvalue weighted by Crippen LogP contribution is 2.34. The van der Waals surface area contributed by atoms with E-state index in [2.05, 4.69) is 34.5 Å². The number of rotatable bonds is 7. The largest absolute Gasteiger partial charge is 0.325 e. The third-order valence-corrected chi connectivity index (χ3v) is 8.87. The third-order valence-electron chi connectivity index (χ3n) is 6.82. The van der Waals surface area contributed by atoms with Crippen molar-refractivity contribution in [3.8, 4) is 5.69 Å². The Hall–Kier alpha value is -3.72. The second-order valence-electron chi connectivity index (χ2n) is 9.71. The van der Waals surface area contributed by atoms with Crippen molar-refractivity contribution in [2.75, 3.05) is 17.6 Å². The SMILES string of the molecule is Cc1cccc(NC(=O)CSc2nc3sc4c(c3c(=O)n2-c2ccccc2)CCN(Cc2ccccc2)C4)c1. The van der Waals surface area contributed by atoms with E-state index in [-0.39, 0.29) is 17.2 Å². The zero-order chi connectivity index (χ0) is 26.8. The van der Waals surface area contributed by atoms with Crippen LogP contribution in [-0.2, 0) is 24.3 Å². The van der Waals surface area contributed by atoms with Crippen LogP contribution in [-0.4, -0.2) is 32.7 Å². The monoisotopic (exact) mass is 552 g/mol. The second-order valence-corrected chi connectivity index (χ2v) is 11.7. The molecule has 0 unspecified atom stereocenters. The van der Waals surface area contributed by atoms with Crippen molar-refractivity contribution in [3.05, 3.63) is 117 Å². The van der Waals surface area contributed by atoms with E-state index in [1.54, 1.807) is 15.9 Å². The van der Waals surface area contributed by atoms with Gasteiger partial charge in [0.25, 0.3) is 5.56 Å². The number of para-hydroxylation sites is 1. The molecular formula is C31H28N4O2S2. The number of fused-ring (bicyclic) bond motifs is 3. The molecule has 1 N–H and O–H groups in total. The molecule has 6 rings (SSSR count). The lowest BCUT2D eigenvalue weighted by Gasteiger charge is -2.26. The number of nitrogens with zero attached hydrogens (tertiary/aromatic N) is 3. The van der Waals surface area contributed by atoms with Crippen molar-refractivity contribution < 1.29 is 4.79 Å². The van der Waals surface area contributed by atoms with Gasteiger partial charge in [0.2, 0.25) is 5.91 Å². The molecule has 196 valence electrons. The summed E-state index contributed by atoms with van der Waals surface area (Å²) in [6, 6.07) is 27.8. The molecule has 1 aliphatic heterocycles. The number of thiophene rings is 1. The van der Waals surface area contributed by atoms with Crippen LogP contribution < -0.4 is 10.9 Å². The van der Waals surface area contributed by atoms with Gasteiger partial charge in [0.1, 0.15) is 4.83 Å². The van der Waals surface area contributed by atoms with E-state index < -0.39 is 0 Å². The molecule has 2 aromatic heterocycles. The fraction of sp³-hybridized carbons (Fsp3) is 0.194. The molecule has 8 heteroatoms. The van der Waals surface area contributed by atoms with Crippen molar-refractivity contribution in [1.82, 2.24) is 14.5 Å². The first-order valence-electron chi connectivity index (χ1n) is 12.9. The fourth-order valence-electron chi connectivity index (χ4n) is 5.00. The maximum atomic E-state index is 14.0. The summed E-state index contributed by atoms with van der Waals surface area (Å²) in [4.78, 5) is 36.2. The molecule has 0 saturated carbocycles. The predicted molar refractivity (Wildman–Crippen MR) is 160 cm³/mol. The van der Waals surface area contributed by atoms with E-state index in [0.29, 0.717) is 10.5 Å². The normalized spacial score (nSPS) is 13.4. The number of amides is 1. The highest BCUT2D eigenvalue weighted by molar-refractivity contribution is 7.99. The van der Waals surface area contributed by atoms with E-state index in [4.69, 9.17) is 4.98 Å². The first-order chi connectivity index (χ1) is 19.0. The van der Waals surface area contributed by atoms with Gasteiger partial charge in [-0.1, -0.05) is 72.4 Å². The highest BCUT2D eigenvalue weighted by Gasteiger charge is 2.26. The number of aryl methyl sites for hydroxylation is 1. The number of aromatic nitrogens is 2. The van der Waals surface area contributed by atoms with Gasteiger partial charge in [-0.25, -0.2) is 4.98 Å². The molecule has 0 fully saturated rings. The maximum Gasteiger partial charge on any atom is 0.267 e. The lowest BCUT2D eigenvalue weighted by molar-refractivity contribution is -0.113. The van der Waals surface area contributed by atoms with Crippen molar-refractivity contribution in [2.24, 2.45) is 0 Å². The Balaban J connectivity index is 1.31. The number of hydrogen-bond donors (Lipinski definition) is 1. The Kier molecular flexibility index (Phi) is 7.32. The number of benzene rings is 3. The summed E-state index contributed by atoms with van der Waals surface area (Å²) in [7, 11) is 0. The van der Waals surface area contributed by atoms with Crippen LogP contribution >= 0.6 is 23.1 Å². The molecule has 0 saturated heterocycles. The van der Waals surface area contributed by atoms with Crippen LogP contribution in [0.25, 0.3) is 15.9 Å². The zero-order valence-electron chi connectivity index (χ0n) is 21.6. The van der Waals surface area contributed by atoms with Crippen LogP contribution in [0, 0.1) is 6.92 Å². The molecule has 3 aromatic carbocycles. The molecule has 0 spiro atoms. The number of thioether (sulfide) groups is 1. The van der Waals surface area contributed by atoms with Gasteiger partial charge >= 0.3 is 0 Å². The van der Waals surface area contributed by atoms with Gasteiger partial charge in [0, 0.05) is 30.2 Å². The highest BCUT2D eigenvalue weighted by atomic mass is 32.2. The zero-order valence-corrected chi connectivity index (χ0v) is 23.2. The average molecular weight is 553 g/mol. The lowest BCUT2D eigenvalue weighted by Crippen LogP contribution is -2.30. The number of carbonyl (C=O) groups excluding carboxylic acids is 1. The molecule has 0 atom stereocenters. The minimum Gasteiger partial charge on any atom is -0.325 e. The van der Waals surface area contributed by atoms with Gasteiger partial charge in [0.05, 0.1) is 16.8 Å².